The first-order valence-corrected chi connectivity index (χ1v) is 12.4. The summed E-state index contributed by atoms with van der Waals surface area (Å²) in [5, 5.41) is 4.46. The Bertz CT molecular complexity index is 1200. The Morgan fingerprint density at radius 1 is 1.06 bits per heavy atom. The van der Waals surface area contributed by atoms with Crippen molar-refractivity contribution in [3.8, 4) is 0 Å². The molecule has 0 spiro atoms. The fourth-order valence-electron chi connectivity index (χ4n) is 3.58. The van der Waals surface area contributed by atoms with E-state index in [4.69, 9.17) is 5.73 Å². The van der Waals surface area contributed by atoms with Gasteiger partial charge < -0.3 is 11.1 Å². The second-order valence-corrected chi connectivity index (χ2v) is 9.75. The van der Waals surface area contributed by atoms with Gasteiger partial charge in [-0.3, -0.25) is 9.62 Å². The molecule has 12 heteroatoms. The third-order valence-electron chi connectivity index (χ3n) is 5.19. The molecule has 1 aliphatic heterocycles. The van der Waals surface area contributed by atoms with Gasteiger partial charge in [0.25, 0.3) is 10.0 Å². The molecule has 4 N–H and O–H groups in total. The van der Waals surface area contributed by atoms with Gasteiger partial charge in [-0.1, -0.05) is 0 Å². The third kappa shape index (κ3) is 4.97. The van der Waals surface area contributed by atoms with Crippen LogP contribution in [0.2, 0.25) is 0 Å². The van der Waals surface area contributed by atoms with Crippen molar-refractivity contribution < 1.29 is 17.2 Å². The number of benzene rings is 1. The van der Waals surface area contributed by atoms with Crippen LogP contribution in [0.15, 0.2) is 40.1 Å². The normalized spacial score (nSPS) is 14.6. The van der Waals surface area contributed by atoms with Gasteiger partial charge in [0.15, 0.2) is 5.82 Å². The molecule has 3 aromatic rings. The smallest absolute Gasteiger partial charge is 0.266 e. The number of hydrogen-bond donors (Lipinski definition) is 3. The number of halogens is 2. The fraction of sp³-hybridized carbons (Fsp3) is 0.300. The van der Waals surface area contributed by atoms with Crippen LogP contribution in [0, 0.1) is 11.6 Å². The second kappa shape index (κ2) is 9.35. The van der Waals surface area contributed by atoms with Gasteiger partial charge in [0.1, 0.15) is 28.2 Å². The number of anilines is 3. The first kappa shape index (κ1) is 22.4. The number of nitrogen functional groups attached to an aromatic ring is 1. The number of nitrogens with one attached hydrogen (secondary N) is 2. The molecule has 170 valence electrons. The minimum Gasteiger partial charge on any atom is -0.382 e. The van der Waals surface area contributed by atoms with E-state index in [2.05, 4.69) is 24.9 Å². The minimum absolute atomic E-state index is 0.0254. The molecule has 0 aliphatic carbocycles. The van der Waals surface area contributed by atoms with E-state index >= 15 is 0 Å². The molecule has 0 saturated carbocycles. The van der Waals surface area contributed by atoms with E-state index in [0.29, 0.717) is 12.1 Å². The summed E-state index contributed by atoms with van der Waals surface area (Å²) in [6.45, 7) is 2.01. The average Bonchev–Trinajstić information content (AvgIpc) is 3.44. The quantitative estimate of drug-likeness (QED) is 0.453. The van der Waals surface area contributed by atoms with Crippen LogP contribution < -0.4 is 15.8 Å². The van der Waals surface area contributed by atoms with Crippen LogP contribution in [0.4, 0.5) is 26.2 Å². The molecule has 0 atom stereocenters. The average molecular weight is 481 g/mol. The molecule has 1 saturated heterocycles. The lowest BCUT2D eigenvalue weighted by atomic mass is 10.1. The summed E-state index contributed by atoms with van der Waals surface area (Å²) in [6.07, 6.45) is 2.08. The van der Waals surface area contributed by atoms with E-state index in [-0.39, 0.29) is 34.5 Å². The number of pyridine rings is 1. The van der Waals surface area contributed by atoms with Crippen molar-refractivity contribution in [2.75, 3.05) is 28.9 Å². The molecule has 1 aromatic carbocycles. The standard InChI is InChI=1S/C20H22F2N6O2S2/c21-15-3-4-16(22)14(10-28-7-1-2-8-28)13(15)9-24-18-6-5-17(20(23)26-18)32(29,30)27-19-11-31-12-25-19/h3-6,11-12,27H,1-2,7-10H2,(H3,23,24,26). The highest BCUT2D eigenvalue weighted by Crippen LogP contribution is 2.25. The maximum atomic E-state index is 14.5. The van der Waals surface area contributed by atoms with E-state index in [0.717, 1.165) is 38.1 Å². The predicted octanol–water partition coefficient (Wildman–Crippen LogP) is 3.41. The van der Waals surface area contributed by atoms with Gasteiger partial charge in [0.2, 0.25) is 0 Å². The van der Waals surface area contributed by atoms with Crippen LogP contribution in [-0.2, 0) is 23.1 Å². The molecule has 4 rings (SSSR count). The third-order valence-corrected chi connectivity index (χ3v) is 7.18. The Hall–Kier alpha value is -2.83. The lowest BCUT2D eigenvalue weighted by Gasteiger charge is -2.19. The molecule has 1 fully saturated rings. The number of rotatable bonds is 8. The Balaban J connectivity index is 1.51. The van der Waals surface area contributed by atoms with Gasteiger partial charge in [-0.25, -0.2) is 27.2 Å². The van der Waals surface area contributed by atoms with Crippen molar-refractivity contribution in [1.29, 1.82) is 0 Å². The maximum Gasteiger partial charge on any atom is 0.266 e. The van der Waals surface area contributed by atoms with Crippen molar-refractivity contribution in [2.45, 2.75) is 30.8 Å². The summed E-state index contributed by atoms with van der Waals surface area (Å²) >= 11 is 1.24. The zero-order valence-corrected chi connectivity index (χ0v) is 18.6. The van der Waals surface area contributed by atoms with Crippen molar-refractivity contribution in [2.24, 2.45) is 0 Å². The van der Waals surface area contributed by atoms with Crippen LogP contribution >= 0.6 is 11.3 Å². The lowest BCUT2D eigenvalue weighted by Crippen LogP contribution is -2.21. The summed E-state index contributed by atoms with van der Waals surface area (Å²) < 4.78 is 56.4. The van der Waals surface area contributed by atoms with Gasteiger partial charge in [0.05, 0.1) is 5.51 Å². The van der Waals surface area contributed by atoms with Crippen LogP contribution in [0.1, 0.15) is 24.0 Å². The second-order valence-electron chi connectivity index (χ2n) is 7.38. The molecule has 8 nitrogen and oxygen atoms in total. The Kier molecular flexibility index (Phi) is 6.53. The number of nitrogens with two attached hydrogens (primary N) is 1. The highest BCUT2D eigenvalue weighted by atomic mass is 32.2. The number of hydrogen-bond acceptors (Lipinski definition) is 8. The highest BCUT2D eigenvalue weighted by molar-refractivity contribution is 7.92. The number of nitrogens with zero attached hydrogens (tertiary/aromatic N) is 3. The van der Waals surface area contributed by atoms with Gasteiger partial charge in [-0.05, 0) is 50.2 Å². The van der Waals surface area contributed by atoms with Gasteiger partial charge in [-0.2, -0.15) is 0 Å². The van der Waals surface area contributed by atoms with Crippen molar-refractivity contribution in [3.63, 3.8) is 0 Å². The Labute approximate surface area is 188 Å². The number of thiazole rings is 1. The molecule has 0 bridgehead atoms. The Morgan fingerprint density at radius 3 is 2.44 bits per heavy atom. The van der Waals surface area contributed by atoms with E-state index in [1.54, 1.807) is 5.38 Å². The molecule has 3 heterocycles. The van der Waals surface area contributed by atoms with Gasteiger partial charge >= 0.3 is 0 Å². The molecule has 1 aliphatic rings. The monoisotopic (exact) mass is 480 g/mol. The summed E-state index contributed by atoms with van der Waals surface area (Å²) in [4.78, 5) is 9.84. The molecule has 0 amide bonds. The van der Waals surface area contributed by atoms with E-state index in [1.807, 2.05) is 0 Å². The van der Waals surface area contributed by atoms with Crippen molar-refractivity contribution in [1.82, 2.24) is 14.9 Å². The number of likely N-dealkylation sites (tertiary alicyclic amines) is 1. The topological polar surface area (TPSA) is 113 Å². The first-order chi connectivity index (χ1) is 15.3. The van der Waals surface area contributed by atoms with Crippen LogP contribution in [0.25, 0.3) is 0 Å². The van der Waals surface area contributed by atoms with E-state index < -0.39 is 21.7 Å². The zero-order valence-electron chi connectivity index (χ0n) is 17.0. The summed E-state index contributed by atoms with van der Waals surface area (Å²) in [5.41, 5.74) is 7.88. The van der Waals surface area contributed by atoms with Gasteiger partial charge in [-0.15, -0.1) is 11.3 Å². The molecule has 0 radical (unpaired) electrons. The van der Waals surface area contributed by atoms with Gasteiger partial charge in [0, 0.05) is 29.6 Å². The predicted molar refractivity (Wildman–Crippen MR) is 120 cm³/mol. The maximum absolute atomic E-state index is 14.5. The SMILES string of the molecule is Nc1nc(NCc2c(F)ccc(F)c2CN2CCCC2)ccc1S(=O)(=O)Nc1cscn1. The Morgan fingerprint density at radius 2 is 1.78 bits per heavy atom. The van der Waals surface area contributed by atoms with Crippen LogP contribution in [0.5, 0.6) is 0 Å². The zero-order chi connectivity index (χ0) is 22.7. The molecule has 2 aromatic heterocycles. The fourth-order valence-corrected chi connectivity index (χ4v) is 5.21. The summed E-state index contributed by atoms with van der Waals surface area (Å²) in [6, 6.07) is 4.95. The van der Waals surface area contributed by atoms with E-state index in [9.17, 15) is 17.2 Å². The molecular formula is C20H22F2N6O2S2. The molecular weight excluding hydrogens is 458 g/mol. The molecule has 32 heavy (non-hydrogen) atoms. The minimum atomic E-state index is -3.97. The summed E-state index contributed by atoms with van der Waals surface area (Å²) in [7, 11) is -3.97. The number of sulfonamides is 1. The highest BCUT2D eigenvalue weighted by Gasteiger charge is 2.21. The van der Waals surface area contributed by atoms with Crippen molar-refractivity contribution in [3.05, 3.63) is 57.9 Å². The largest absolute Gasteiger partial charge is 0.382 e. The number of aromatic nitrogens is 2. The van der Waals surface area contributed by atoms with Crippen LogP contribution in [0.3, 0.4) is 0 Å². The first-order valence-electron chi connectivity index (χ1n) is 9.93. The van der Waals surface area contributed by atoms with Crippen LogP contribution in [-0.4, -0.2) is 36.4 Å². The van der Waals surface area contributed by atoms with Crippen molar-refractivity contribution >= 4 is 38.8 Å². The summed E-state index contributed by atoms with van der Waals surface area (Å²) in [5.74, 6) is -0.783. The lowest BCUT2D eigenvalue weighted by molar-refractivity contribution is 0.323. The van der Waals surface area contributed by atoms with E-state index in [1.165, 1.54) is 29.0 Å². The molecule has 0 unspecified atom stereocenters.